The maximum absolute atomic E-state index is 11.3. The second kappa shape index (κ2) is 14.7. The number of aliphatic hydroxyl groups excluding tert-OH is 1. The van der Waals surface area contributed by atoms with E-state index in [1.807, 2.05) is 84.9 Å². The summed E-state index contributed by atoms with van der Waals surface area (Å²) in [6.45, 7) is 12.2. The molecular formula is C34H46O7Si. The normalized spacial score (nSPS) is 23.1. The van der Waals surface area contributed by atoms with Gasteiger partial charge in [0.15, 0.2) is 14.6 Å². The predicted octanol–water partition coefficient (Wildman–Crippen LogP) is 6.49. The largest absolute Gasteiger partial charge is 0.497 e. The smallest absolute Gasteiger partial charge is 0.192 e. The van der Waals surface area contributed by atoms with Crippen molar-refractivity contribution in [3.63, 3.8) is 0 Å². The van der Waals surface area contributed by atoms with E-state index in [1.165, 1.54) is 0 Å². The molecular weight excluding hydrogens is 548 g/mol. The molecule has 5 atom stereocenters. The van der Waals surface area contributed by atoms with Gasteiger partial charge in [-0.2, -0.15) is 0 Å². The van der Waals surface area contributed by atoms with E-state index in [-0.39, 0.29) is 11.6 Å². The third kappa shape index (κ3) is 8.73. The van der Waals surface area contributed by atoms with Crippen molar-refractivity contribution in [1.82, 2.24) is 0 Å². The zero-order valence-electron chi connectivity index (χ0n) is 25.7. The highest BCUT2D eigenvalue weighted by molar-refractivity contribution is 6.74. The second-order valence-electron chi connectivity index (χ2n) is 12.3. The number of aliphatic hydroxyl groups is 1. The molecule has 0 spiro atoms. The van der Waals surface area contributed by atoms with Gasteiger partial charge in [0, 0.05) is 0 Å². The molecule has 0 radical (unpaired) electrons. The minimum atomic E-state index is -2.11. The van der Waals surface area contributed by atoms with Crippen molar-refractivity contribution in [2.75, 3.05) is 13.7 Å². The summed E-state index contributed by atoms with van der Waals surface area (Å²) in [6.07, 6.45) is -3.75. The van der Waals surface area contributed by atoms with Crippen LogP contribution in [-0.4, -0.2) is 57.8 Å². The molecule has 0 amide bonds. The van der Waals surface area contributed by atoms with Crippen LogP contribution in [-0.2, 0) is 43.2 Å². The average molecular weight is 595 g/mol. The van der Waals surface area contributed by atoms with Crippen LogP contribution < -0.4 is 4.74 Å². The Morgan fingerprint density at radius 3 is 1.67 bits per heavy atom. The molecule has 8 heteroatoms. The lowest BCUT2D eigenvalue weighted by molar-refractivity contribution is -0.314. The molecule has 1 N–H and O–H groups in total. The first-order valence-corrected chi connectivity index (χ1v) is 17.5. The highest BCUT2D eigenvalue weighted by Crippen LogP contribution is 2.38. The van der Waals surface area contributed by atoms with Crippen LogP contribution in [0.2, 0.25) is 18.1 Å². The van der Waals surface area contributed by atoms with Gasteiger partial charge in [0.25, 0.3) is 0 Å². The molecule has 7 nitrogen and oxygen atoms in total. The monoisotopic (exact) mass is 594 g/mol. The van der Waals surface area contributed by atoms with Crippen LogP contribution >= 0.6 is 0 Å². The third-order valence-corrected chi connectivity index (χ3v) is 12.7. The highest BCUT2D eigenvalue weighted by Gasteiger charge is 2.49. The number of benzene rings is 3. The van der Waals surface area contributed by atoms with Gasteiger partial charge in [-0.15, -0.1) is 0 Å². The van der Waals surface area contributed by atoms with Crippen molar-refractivity contribution in [3.05, 3.63) is 102 Å². The Morgan fingerprint density at radius 2 is 1.17 bits per heavy atom. The molecule has 0 unspecified atom stereocenters. The number of hydrogen-bond donors (Lipinski definition) is 1. The number of hydrogen-bond acceptors (Lipinski definition) is 7. The quantitative estimate of drug-likeness (QED) is 0.227. The fourth-order valence-electron chi connectivity index (χ4n) is 4.55. The van der Waals surface area contributed by atoms with Gasteiger partial charge in [-0.3, -0.25) is 0 Å². The molecule has 0 aromatic heterocycles. The summed E-state index contributed by atoms with van der Waals surface area (Å²) < 4.78 is 37.6. The van der Waals surface area contributed by atoms with E-state index in [1.54, 1.807) is 7.11 Å². The van der Waals surface area contributed by atoms with Gasteiger partial charge in [0.2, 0.25) is 0 Å². The van der Waals surface area contributed by atoms with Crippen molar-refractivity contribution >= 4 is 8.32 Å². The van der Waals surface area contributed by atoms with Crippen LogP contribution in [0.3, 0.4) is 0 Å². The van der Waals surface area contributed by atoms with Crippen molar-refractivity contribution in [2.24, 2.45) is 0 Å². The fourth-order valence-corrected chi connectivity index (χ4v) is 5.57. The van der Waals surface area contributed by atoms with Crippen LogP contribution in [0.15, 0.2) is 84.9 Å². The molecule has 1 saturated heterocycles. The van der Waals surface area contributed by atoms with Gasteiger partial charge in [0.05, 0.1) is 33.5 Å². The molecule has 42 heavy (non-hydrogen) atoms. The minimum absolute atomic E-state index is 0.0201. The summed E-state index contributed by atoms with van der Waals surface area (Å²) in [4.78, 5) is 0. The first-order valence-electron chi connectivity index (χ1n) is 14.6. The Kier molecular flexibility index (Phi) is 11.4. The zero-order valence-corrected chi connectivity index (χ0v) is 26.7. The Hall–Kier alpha value is -2.56. The summed E-state index contributed by atoms with van der Waals surface area (Å²) in [5.41, 5.74) is 2.99. The first kappa shape index (κ1) is 32.4. The maximum Gasteiger partial charge on any atom is 0.192 e. The lowest BCUT2D eigenvalue weighted by Gasteiger charge is -2.46. The predicted molar refractivity (Wildman–Crippen MR) is 166 cm³/mol. The van der Waals surface area contributed by atoms with Crippen LogP contribution in [0.4, 0.5) is 0 Å². The van der Waals surface area contributed by atoms with E-state index in [2.05, 4.69) is 33.9 Å². The highest BCUT2D eigenvalue weighted by atomic mass is 28.4. The molecule has 228 valence electrons. The molecule has 1 aliphatic heterocycles. The molecule has 3 aromatic rings. The molecule has 1 aliphatic rings. The Balaban J connectivity index is 1.60. The molecule has 1 heterocycles. The van der Waals surface area contributed by atoms with Crippen molar-refractivity contribution in [2.45, 2.75) is 89.4 Å². The van der Waals surface area contributed by atoms with Crippen LogP contribution in [0, 0.1) is 0 Å². The van der Waals surface area contributed by atoms with E-state index >= 15 is 0 Å². The SMILES string of the molecule is COc1ccc(CO[C@@H]2[C@@H](OCc3ccccc3)[C@H](O)O[C@H](CO[Si](C)(C)C(C)(C)C)[C@H]2OCc2ccccc2)cc1. The van der Waals surface area contributed by atoms with Crippen LogP contribution in [0.1, 0.15) is 37.5 Å². The van der Waals surface area contributed by atoms with Crippen molar-refractivity contribution in [3.8, 4) is 5.75 Å². The molecule has 1 fully saturated rings. The lowest BCUT2D eigenvalue weighted by Crippen LogP contribution is -2.61. The third-order valence-electron chi connectivity index (χ3n) is 8.20. The van der Waals surface area contributed by atoms with E-state index < -0.39 is 39.0 Å². The summed E-state index contributed by atoms with van der Waals surface area (Å²) in [5, 5.41) is 11.3. The zero-order chi connectivity index (χ0) is 30.2. The summed E-state index contributed by atoms with van der Waals surface area (Å²) in [7, 11) is -0.464. The van der Waals surface area contributed by atoms with E-state index in [4.69, 9.17) is 28.1 Å². The molecule has 0 bridgehead atoms. The van der Waals surface area contributed by atoms with Gasteiger partial charge >= 0.3 is 0 Å². The number of methoxy groups -OCH3 is 1. The number of ether oxygens (including phenoxy) is 5. The second-order valence-corrected chi connectivity index (χ2v) is 17.1. The summed E-state index contributed by atoms with van der Waals surface area (Å²) in [5.74, 6) is 0.774. The van der Waals surface area contributed by atoms with Gasteiger partial charge < -0.3 is 33.2 Å². The van der Waals surface area contributed by atoms with Gasteiger partial charge in [-0.25, -0.2) is 0 Å². The van der Waals surface area contributed by atoms with Crippen molar-refractivity contribution in [1.29, 1.82) is 0 Å². The Bertz CT molecular complexity index is 1200. The Morgan fingerprint density at radius 1 is 0.690 bits per heavy atom. The summed E-state index contributed by atoms with van der Waals surface area (Å²) in [6, 6.07) is 27.6. The molecule has 3 aromatic carbocycles. The topological polar surface area (TPSA) is 75.6 Å². The first-order chi connectivity index (χ1) is 20.1. The number of rotatable bonds is 13. The van der Waals surface area contributed by atoms with Gasteiger partial charge in [-0.05, 0) is 47.0 Å². The minimum Gasteiger partial charge on any atom is -0.497 e. The lowest BCUT2D eigenvalue weighted by atomic mass is 9.98. The van der Waals surface area contributed by atoms with E-state index in [0.29, 0.717) is 19.8 Å². The standard InChI is InChI=1S/C34H46O7Si/c1-34(2,3)42(5,6)40-24-29-30(37-21-25-13-9-7-10-14-25)31(38-23-27-17-19-28(36-4)20-18-27)32(33(35)41-29)39-22-26-15-11-8-12-16-26/h7-20,29-33,35H,21-24H2,1-6H3/t29-,30-,31+,32-,33-/m1/s1. The summed E-state index contributed by atoms with van der Waals surface area (Å²) >= 11 is 0. The Labute approximate surface area is 251 Å². The molecule has 0 saturated carbocycles. The molecule has 0 aliphatic carbocycles. The van der Waals surface area contributed by atoms with Gasteiger partial charge in [0.1, 0.15) is 30.2 Å². The van der Waals surface area contributed by atoms with Crippen LogP contribution in [0.25, 0.3) is 0 Å². The fraction of sp³-hybridized carbons (Fsp3) is 0.471. The van der Waals surface area contributed by atoms with E-state index in [0.717, 1.165) is 22.4 Å². The van der Waals surface area contributed by atoms with Crippen LogP contribution in [0.5, 0.6) is 5.75 Å². The molecule has 4 rings (SSSR count). The average Bonchev–Trinajstić information content (AvgIpc) is 2.98. The van der Waals surface area contributed by atoms with Gasteiger partial charge in [-0.1, -0.05) is 93.6 Å². The van der Waals surface area contributed by atoms with Crippen molar-refractivity contribution < 1.29 is 33.2 Å². The maximum atomic E-state index is 11.3. The van der Waals surface area contributed by atoms with E-state index in [9.17, 15) is 5.11 Å².